The molecule has 1 aromatic carbocycles. The summed E-state index contributed by atoms with van der Waals surface area (Å²) in [5.74, 6) is 0.0454. The zero-order valence-electron chi connectivity index (χ0n) is 17.7. The average molecular weight is 414 g/mol. The Balaban J connectivity index is 1.19. The Morgan fingerprint density at radius 1 is 1.23 bits per heavy atom. The van der Waals surface area contributed by atoms with E-state index in [0.717, 1.165) is 25.7 Å². The summed E-state index contributed by atoms with van der Waals surface area (Å²) in [5, 5.41) is 0. The fourth-order valence-electron chi connectivity index (χ4n) is 4.35. The molecule has 2 aromatic rings. The van der Waals surface area contributed by atoms with Gasteiger partial charge in [0.2, 0.25) is 0 Å². The lowest BCUT2D eigenvalue weighted by molar-refractivity contribution is -0.155. The number of hydrogen-bond acceptors (Lipinski definition) is 5. The maximum Gasteiger partial charge on any atom is 0.272 e. The van der Waals surface area contributed by atoms with Crippen LogP contribution in [-0.2, 0) is 27.9 Å². The second-order valence-corrected chi connectivity index (χ2v) is 8.24. The van der Waals surface area contributed by atoms with Crippen molar-refractivity contribution in [3.63, 3.8) is 0 Å². The van der Waals surface area contributed by atoms with Crippen molar-refractivity contribution in [1.82, 2.24) is 14.5 Å². The minimum Gasteiger partial charge on any atom is -0.376 e. The van der Waals surface area contributed by atoms with Crippen LogP contribution in [0.1, 0.15) is 41.7 Å². The van der Waals surface area contributed by atoms with Crippen molar-refractivity contribution in [3.05, 3.63) is 54.1 Å². The van der Waals surface area contributed by atoms with Crippen LogP contribution in [0.15, 0.2) is 42.9 Å². The molecule has 1 aromatic heterocycles. The van der Waals surface area contributed by atoms with E-state index < -0.39 is 0 Å². The summed E-state index contributed by atoms with van der Waals surface area (Å²) in [5.41, 5.74) is 1.64. The maximum absolute atomic E-state index is 12.7. The Labute approximate surface area is 177 Å². The predicted molar refractivity (Wildman–Crippen MR) is 112 cm³/mol. The van der Waals surface area contributed by atoms with E-state index in [1.165, 1.54) is 5.56 Å². The van der Waals surface area contributed by atoms with Gasteiger partial charge in [0, 0.05) is 33.2 Å². The third-order valence-electron chi connectivity index (χ3n) is 6.14. The third-order valence-corrected chi connectivity index (χ3v) is 6.14. The number of rotatable bonds is 7. The van der Waals surface area contributed by atoms with Gasteiger partial charge in [0.25, 0.3) is 5.91 Å². The zero-order valence-corrected chi connectivity index (χ0v) is 17.7. The van der Waals surface area contributed by atoms with Gasteiger partial charge in [0.1, 0.15) is 5.69 Å². The first kappa shape index (κ1) is 21.0. The van der Waals surface area contributed by atoms with E-state index in [0.29, 0.717) is 45.2 Å². The number of carbonyl (C=O) groups is 1. The molecule has 7 nitrogen and oxygen atoms in total. The van der Waals surface area contributed by atoms with Crippen molar-refractivity contribution in [2.45, 2.75) is 44.0 Å². The molecule has 4 rings (SSSR count). The van der Waals surface area contributed by atoms with Gasteiger partial charge in [-0.1, -0.05) is 30.3 Å². The van der Waals surface area contributed by atoms with Crippen molar-refractivity contribution >= 4 is 5.91 Å². The van der Waals surface area contributed by atoms with E-state index in [1.54, 1.807) is 17.1 Å². The molecule has 162 valence electrons. The molecule has 0 radical (unpaired) electrons. The summed E-state index contributed by atoms with van der Waals surface area (Å²) in [6.07, 6.45) is 6.99. The molecule has 3 heterocycles. The fourth-order valence-corrected chi connectivity index (χ4v) is 4.35. The highest BCUT2D eigenvalue weighted by Gasteiger charge is 2.41. The summed E-state index contributed by atoms with van der Waals surface area (Å²) < 4.78 is 19.8. The van der Waals surface area contributed by atoms with Gasteiger partial charge in [-0.15, -0.1) is 0 Å². The lowest BCUT2D eigenvalue weighted by Crippen LogP contribution is -2.52. The third kappa shape index (κ3) is 5.09. The number of hydrogen-bond donors (Lipinski definition) is 0. The van der Waals surface area contributed by atoms with Crippen LogP contribution < -0.4 is 0 Å². The molecule has 2 saturated heterocycles. The summed E-state index contributed by atoms with van der Waals surface area (Å²) >= 11 is 0. The van der Waals surface area contributed by atoms with Crippen molar-refractivity contribution in [2.75, 3.05) is 32.9 Å². The highest BCUT2D eigenvalue weighted by Crippen LogP contribution is 2.36. The molecule has 0 bridgehead atoms. The fraction of sp³-hybridized carbons (Fsp3) is 0.565. The quantitative estimate of drug-likeness (QED) is 0.653. The van der Waals surface area contributed by atoms with Crippen molar-refractivity contribution in [3.8, 4) is 0 Å². The standard InChI is InChI=1S/C23H31N3O4/c1-25-18-24-16-21(25)22(27)26-10-8-23(9-11-26)15-20(7-12-30-23)29-14-13-28-17-19-5-3-2-4-6-19/h2-6,16,18,20H,7-15,17H2,1H3. The molecule has 2 fully saturated rings. The molecule has 0 N–H and O–H groups in total. The van der Waals surface area contributed by atoms with Crippen LogP contribution in [0, 0.1) is 0 Å². The summed E-state index contributed by atoms with van der Waals surface area (Å²) in [7, 11) is 1.85. The molecule has 0 aliphatic carbocycles. The lowest BCUT2D eigenvalue weighted by Gasteiger charge is -2.46. The van der Waals surface area contributed by atoms with Gasteiger partial charge in [-0.3, -0.25) is 4.79 Å². The van der Waals surface area contributed by atoms with Crippen molar-refractivity contribution in [1.29, 1.82) is 0 Å². The Morgan fingerprint density at radius 3 is 2.77 bits per heavy atom. The van der Waals surface area contributed by atoms with E-state index in [1.807, 2.05) is 30.1 Å². The monoisotopic (exact) mass is 413 g/mol. The van der Waals surface area contributed by atoms with Crippen LogP contribution in [-0.4, -0.2) is 65.0 Å². The van der Waals surface area contributed by atoms with E-state index in [9.17, 15) is 4.79 Å². The van der Waals surface area contributed by atoms with Gasteiger partial charge in [-0.05, 0) is 24.8 Å². The van der Waals surface area contributed by atoms with Crippen LogP contribution in [0.2, 0.25) is 0 Å². The Bertz CT molecular complexity index is 815. The smallest absolute Gasteiger partial charge is 0.272 e. The first-order chi connectivity index (χ1) is 14.7. The number of carbonyl (C=O) groups excluding carboxylic acids is 1. The first-order valence-electron chi connectivity index (χ1n) is 10.8. The topological polar surface area (TPSA) is 65.8 Å². The molecule has 2 aliphatic heterocycles. The van der Waals surface area contributed by atoms with Crippen molar-refractivity contribution in [2.24, 2.45) is 7.05 Å². The van der Waals surface area contributed by atoms with Crippen LogP contribution in [0.3, 0.4) is 0 Å². The van der Waals surface area contributed by atoms with Gasteiger partial charge >= 0.3 is 0 Å². The molecular weight excluding hydrogens is 382 g/mol. The number of imidazole rings is 1. The number of piperidine rings is 1. The predicted octanol–water partition coefficient (Wildman–Crippen LogP) is 2.81. The van der Waals surface area contributed by atoms with Crippen molar-refractivity contribution < 1.29 is 19.0 Å². The molecule has 0 saturated carbocycles. The maximum atomic E-state index is 12.7. The minimum absolute atomic E-state index is 0.0454. The van der Waals surface area contributed by atoms with Crippen LogP contribution in [0.25, 0.3) is 0 Å². The second-order valence-electron chi connectivity index (χ2n) is 8.24. The zero-order chi connectivity index (χ0) is 20.8. The number of aromatic nitrogens is 2. The molecule has 1 amide bonds. The number of amides is 1. The van der Waals surface area contributed by atoms with Crippen LogP contribution in [0.5, 0.6) is 0 Å². The van der Waals surface area contributed by atoms with Gasteiger partial charge < -0.3 is 23.7 Å². The van der Waals surface area contributed by atoms with Gasteiger partial charge in [0.15, 0.2) is 0 Å². The normalized spacial score (nSPS) is 21.1. The summed E-state index contributed by atoms with van der Waals surface area (Å²) in [6.45, 7) is 3.92. The van der Waals surface area contributed by atoms with Gasteiger partial charge in [0.05, 0.1) is 44.0 Å². The Kier molecular flexibility index (Phi) is 6.82. The van der Waals surface area contributed by atoms with Crippen LogP contribution in [0.4, 0.5) is 0 Å². The lowest BCUT2D eigenvalue weighted by atomic mass is 9.83. The van der Waals surface area contributed by atoms with E-state index in [-0.39, 0.29) is 17.6 Å². The molecule has 30 heavy (non-hydrogen) atoms. The van der Waals surface area contributed by atoms with E-state index >= 15 is 0 Å². The van der Waals surface area contributed by atoms with Crippen LogP contribution >= 0.6 is 0 Å². The number of aryl methyl sites for hydroxylation is 1. The number of likely N-dealkylation sites (tertiary alicyclic amines) is 1. The molecular formula is C23H31N3O4. The molecule has 1 atom stereocenters. The minimum atomic E-state index is -0.170. The molecule has 2 aliphatic rings. The highest BCUT2D eigenvalue weighted by atomic mass is 16.5. The molecule has 7 heteroatoms. The second kappa shape index (κ2) is 9.73. The first-order valence-corrected chi connectivity index (χ1v) is 10.8. The summed E-state index contributed by atoms with van der Waals surface area (Å²) in [6, 6.07) is 10.2. The average Bonchev–Trinajstić information content (AvgIpc) is 3.20. The van der Waals surface area contributed by atoms with Gasteiger partial charge in [-0.25, -0.2) is 4.98 Å². The van der Waals surface area contributed by atoms with E-state index in [4.69, 9.17) is 14.2 Å². The number of benzene rings is 1. The largest absolute Gasteiger partial charge is 0.376 e. The van der Waals surface area contributed by atoms with E-state index in [2.05, 4.69) is 17.1 Å². The summed E-state index contributed by atoms with van der Waals surface area (Å²) in [4.78, 5) is 18.7. The van der Waals surface area contributed by atoms with Gasteiger partial charge in [-0.2, -0.15) is 0 Å². The highest BCUT2D eigenvalue weighted by molar-refractivity contribution is 5.92. The number of ether oxygens (including phenoxy) is 3. The molecule has 1 spiro atoms. The number of nitrogens with zero attached hydrogens (tertiary/aromatic N) is 3. The Morgan fingerprint density at radius 2 is 2.03 bits per heavy atom. The molecule has 1 unspecified atom stereocenters. The Hall–Kier alpha value is -2.22. The SMILES string of the molecule is Cn1cncc1C(=O)N1CCC2(CC1)CC(OCCOCc1ccccc1)CCO2.